The molecule has 24 heavy (non-hydrogen) atoms. The van der Waals surface area contributed by atoms with Crippen LogP contribution in [0.3, 0.4) is 0 Å². The fraction of sp³-hybridized carbons (Fsp3) is 0.0667. The Morgan fingerprint density at radius 1 is 1.17 bits per heavy atom. The molecule has 9 heteroatoms. The van der Waals surface area contributed by atoms with Crippen LogP contribution >= 0.6 is 0 Å². The first-order chi connectivity index (χ1) is 11.5. The largest absolute Gasteiger partial charge is 0.278 e. The van der Waals surface area contributed by atoms with E-state index in [0.717, 1.165) is 16.5 Å². The van der Waals surface area contributed by atoms with Gasteiger partial charge >= 0.3 is 0 Å². The number of fused-ring (bicyclic) bond motifs is 1. The third-order valence-electron chi connectivity index (χ3n) is 3.76. The second-order valence-corrected chi connectivity index (χ2v) is 6.79. The van der Waals surface area contributed by atoms with Gasteiger partial charge in [-0.2, -0.15) is 10.2 Å². The van der Waals surface area contributed by atoms with Gasteiger partial charge in [-0.25, -0.2) is 18.5 Å². The zero-order chi connectivity index (χ0) is 16.7. The Morgan fingerprint density at radius 2 is 2.04 bits per heavy atom. The van der Waals surface area contributed by atoms with Crippen molar-refractivity contribution in [3.63, 3.8) is 0 Å². The van der Waals surface area contributed by atoms with Crippen molar-refractivity contribution in [2.75, 3.05) is 6.67 Å². The van der Waals surface area contributed by atoms with E-state index in [2.05, 4.69) is 25.4 Å². The van der Waals surface area contributed by atoms with Crippen LogP contribution in [0.4, 0.5) is 0 Å². The highest BCUT2D eigenvalue weighted by Gasteiger charge is 2.23. The lowest BCUT2D eigenvalue weighted by Gasteiger charge is -2.12. The number of aromatic amines is 1. The molecule has 1 aromatic heterocycles. The maximum absolute atomic E-state index is 12.0. The van der Waals surface area contributed by atoms with E-state index in [1.165, 1.54) is 6.07 Å². The Hall–Kier alpha value is -2.91. The van der Waals surface area contributed by atoms with E-state index in [-0.39, 0.29) is 17.4 Å². The van der Waals surface area contributed by atoms with Crippen LogP contribution < -0.4 is 5.14 Å². The third kappa shape index (κ3) is 2.39. The molecule has 2 aromatic carbocycles. The van der Waals surface area contributed by atoms with Gasteiger partial charge in [0.15, 0.2) is 12.5 Å². The van der Waals surface area contributed by atoms with E-state index in [1.807, 2.05) is 18.2 Å². The van der Waals surface area contributed by atoms with Crippen LogP contribution in [0.5, 0.6) is 0 Å². The van der Waals surface area contributed by atoms with Gasteiger partial charge in [-0.15, -0.1) is 5.11 Å². The molecular weight excluding hydrogens is 328 g/mol. The number of benzene rings is 2. The summed E-state index contributed by atoms with van der Waals surface area (Å²) in [6, 6.07) is 10.6. The van der Waals surface area contributed by atoms with Gasteiger partial charge < -0.3 is 0 Å². The van der Waals surface area contributed by atoms with Crippen molar-refractivity contribution >= 4 is 26.8 Å². The predicted molar refractivity (Wildman–Crippen MR) is 89.2 cm³/mol. The molecular formula is C15H12N6O2S. The van der Waals surface area contributed by atoms with E-state index in [0.29, 0.717) is 11.1 Å². The molecule has 0 amide bonds. The summed E-state index contributed by atoms with van der Waals surface area (Å²) in [4.78, 5) is 4.14. The maximum Gasteiger partial charge on any atom is 0.238 e. The maximum atomic E-state index is 12.0. The van der Waals surface area contributed by atoms with Crippen molar-refractivity contribution in [1.82, 2.24) is 10.2 Å². The lowest BCUT2D eigenvalue weighted by molar-refractivity contribution is 0.597. The van der Waals surface area contributed by atoms with E-state index < -0.39 is 10.0 Å². The van der Waals surface area contributed by atoms with Gasteiger partial charge in [-0.05, 0) is 23.3 Å². The normalized spacial score (nSPS) is 14.3. The summed E-state index contributed by atoms with van der Waals surface area (Å²) in [5.74, 6) is 0.263. The Bertz CT molecular complexity index is 1110. The Labute approximate surface area is 137 Å². The first kappa shape index (κ1) is 14.7. The summed E-state index contributed by atoms with van der Waals surface area (Å²) in [5.41, 5.74) is 2.67. The van der Waals surface area contributed by atoms with Gasteiger partial charge in [0.05, 0.1) is 16.6 Å². The average Bonchev–Trinajstić information content (AvgIpc) is 3.24. The highest BCUT2D eigenvalue weighted by Crippen LogP contribution is 2.31. The topological polar surface area (TPSA) is 126 Å². The van der Waals surface area contributed by atoms with Crippen molar-refractivity contribution in [3.05, 3.63) is 48.2 Å². The number of nitrogens with two attached hydrogens (primary N) is 1. The monoisotopic (exact) mass is 340 g/mol. The van der Waals surface area contributed by atoms with Gasteiger partial charge in [0.1, 0.15) is 0 Å². The fourth-order valence-corrected chi connectivity index (χ4v) is 3.46. The first-order valence-electron chi connectivity index (χ1n) is 7.06. The van der Waals surface area contributed by atoms with E-state index in [9.17, 15) is 8.42 Å². The molecule has 0 spiro atoms. The number of nitrogens with zero attached hydrogens (tertiary/aromatic N) is 4. The van der Waals surface area contributed by atoms with Crippen molar-refractivity contribution in [1.29, 1.82) is 0 Å². The van der Waals surface area contributed by atoms with Crippen LogP contribution in [0.25, 0.3) is 22.0 Å². The number of sulfonamides is 1. The van der Waals surface area contributed by atoms with E-state index in [4.69, 9.17) is 5.14 Å². The zero-order valence-corrected chi connectivity index (χ0v) is 13.2. The highest BCUT2D eigenvalue weighted by molar-refractivity contribution is 7.89. The van der Waals surface area contributed by atoms with Gasteiger partial charge in [-0.1, -0.05) is 24.3 Å². The molecule has 2 heterocycles. The molecule has 0 fully saturated rings. The Morgan fingerprint density at radius 3 is 2.79 bits per heavy atom. The lowest BCUT2D eigenvalue weighted by Crippen LogP contribution is -2.17. The van der Waals surface area contributed by atoms with Crippen LogP contribution in [0.1, 0.15) is 5.56 Å². The van der Waals surface area contributed by atoms with Crippen LogP contribution in [0.15, 0.2) is 62.7 Å². The summed E-state index contributed by atoms with van der Waals surface area (Å²) in [5, 5.41) is 21.0. The number of hydrogen-bond donors (Lipinski definition) is 2. The number of nitrogens with one attached hydrogen (secondary N) is 1. The number of H-pyrrole nitrogens is 1. The number of azo groups is 1. The van der Waals surface area contributed by atoms with Crippen LogP contribution in [0, 0.1) is 0 Å². The SMILES string of the molecule is NS(=O)(=O)c1cccc(-c2ccc3cn[nH]c3c2)c1C1=NCN=N1. The molecule has 0 saturated carbocycles. The molecule has 0 radical (unpaired) electrons. The van der Waals surface area contributed by atoms with Gasteiger partial charge in [0.25, 0.3) is 0 Å². The number of rotatable bonds is 3. The van der Waals surface area contributed by atoms with Gasteiger partial charge in [0, 0.05) is 10.9 Å². The quantitative estimate of drug-likeness (QED) is 0.757. The summed E-state index contributed by atoms with van der Waals surface area (Å²) in [6.07, 6.45) is 1.72. The van der Waals surface area contributed by atoms with Crippen LogP contribution in [0.2, 0.25) is 0 Å². The minimum atomic E-state index is -3.94. The summed E-state index contributed by atoms with van der Waals surface area (Å²) in [7, 11) is -3.94. The van der Waals surface area contributed by atoms with Crippen molar-refractivity contribution in [2.24, 2.45) is 20.4 Å². The molecule has 120 valence electrons. The van der Waals surface area contributed by atoms with Crippen LogP contribution in [-0.4, -0.2) is 31.1 Å². The number of aliphatic imine (C=N–C) groups is 1. The van der Waals surface area contributed by atoms with E-state index in [1.54, 1.807) is 18.3 Å². The summed E-state index contributed by atoms with van der Waals surface area (Å²) in [6.45, 7) is 0.174. The molecule has 1 aliphatic heterocycles. The molecule has 0 saturated heterocycles. The third-order valence-corrected chi connectivity index (χ3v) is 4.71. The van der Waals surface area contributed by atoms with Crippen molar-refractivity contribution < 1.29 is 8.42 Å². The summed E-state index contributed by atoms with van der Waals surface area (Å²) < 4.78 is 24.0. The minimum absolute atomic E-state index is 0.0238. The number of aromatic nitrogens is 2. The summed E-state index contributed by atoms with van der Waals surface area (Å²) >= 11 is 0. The molecule has 0 bridgehead atoms. The molecule has 0 aliphatic carbocycles. The Kier molecular flexibility index (Phi) is 3.25. The first-order valence-corrected chi connectivity index (χ1v) is 8.60. The second kappa shape index (κ2) is 5.32. The van der Waals surface area contributed by atoms with Crippen molar-refractivity contribution in [3.8, 4) is 11.1 Å². The molecule has 3 N–H and O–H groups in total. The predicted octanol–water partition coefficient (Wildman–Crippen LogP) is 2.05. The molecule has 3 aromatic rings. The van der Waals surface area contributed by atoms with Gasteiger partial charge in [-0.3, -0.25) is 5.10 Å². The zero-order valence-electron chi connectivity index (χ0n) is 12.3. The number of hydrogen-bond acceptors (Lipinski definition) is 6. The molecule has 1 aliphatic rings. The van der Waals surface area contributed by atoms with Gasteiger partial charge in [0.2, 0.25) is 10.0 Å². The Balaban J connectivity index is 2.02. The molecule has 0 unspecified atom stereocenters. The molecule has 4 rings (SSSR count). The minimum Gasteiger partial charge on any atom is -0.278 e. The van der Waals surface area contributed by atoms with E-state index >= 15 is 0 Å². The number of amidine groups is 1. The fourth-order valence-electron chi connectivity index (χ4n) is 2.70. The highest BCUT2D eigenvalue weighted by atomic mass is 32.2. The van der Waals surface area contributed by atoms with Crippen LogP contribution in [-0.2, 0) is 10.0 Å². The lowest BCUT2D eigenvalue weighted by atomic mass is 9.98. The average molecular weight is 340 g/mol. The molecule has 0 atom stereocenters. The standard InChI is InChI=1S/C15H12N6O2S/c16-24(22,23)13-3-1-2-11(14(13)15-17-8-19-21-15)9-4-5-10-7-18-20-12(10)6-9/h1-7H,8H2,(H,18,20)(H2,16,22,23). The smallest absolute Gasteiger partial charge is 0.238 e. The number of primary sulfonamides is 1. The van der Waals surface area contributed by atoms with Crippen molar-refractivity contribution in [2.45, 2.75) is 4.90 Å². The molecule has 8 nitrogen and oxygen atoms in total. The second-order valence-electron chi connectivity index (χ2n) is 5.26.